The highest BCUT2D eigenvalue weighted by atomic mass is 16.5. The Morgan fingerprint density at radius 2 is 2.13 bits per heavy atom. The fraction of sp³-hybridized carbons (Fsp3) is 0.632. The first kappa shape index (κ1) is 16.5. The summed E-state index contributed by atoms with van der Waals surface area (Å²) in [5.41, 5.74) is 3.69. The number of hydrogen-bond acceptors (Lipinski definition) is 3. The van der Waals surface area contributed by atoms with Crippen molar-refractivity contribution in [3.8, 4) is 0 Å². The van der Waals surface area contributed by atoms with Crippen LogP contribution in [0.15, 0.2) is 18.3 Å². The molecule has 0 radical (unpaired) electrons. The van der Waals surface area contributed by atoms with Gasteiger partial charge in [0.25, 0.3) is 0 Å². The van der Waals surface area contributed by atoms with Crippen molar-refractivity contribution in [1.82, 2.24) is 14.9 Å². The summed E-state index contributed by atoms with van der Waals surface area (Å²) in [4.78, 5) is 4.99. The fourth-order valence-corrected chi connectivity index (χ4v) is 3.16. The minimum atomic E-state index is 0.312. The van der Waals surface area contributed by atoms with Gasteiger partial charge in [-0.25, -0.2) is 0 Å². The smallest absolute Gasteiger partial charge is 0.0595 e. The SMILES string of the molecule is COCCCn1ccc2c(C(C)C)nc(C(C)NC3CC3)cc21. The van der Waals surface area contributed by atoms with Gasteiger partial charge in [0.2, 0.25) is 0 Å². The van der Waals surface area contributed by atoms with E-state index in [1.807, 2.05) is 0 Å². The summed E-state index contributed by atoms with van der Waals surface area (Å²) in [6.07, 6.45) is 5.83. The van der Waals surface area contributed by atoms with Gasteiger partial charge in [-0.1, -0.05) is 13.8 Å². The molecule has 0 aromatic carbocycles. The summed E-state index contributed by atoms with van der Waals surface area (Å²) in [5.74, 6) is 0.431. The highest BCUT2D eigenvalue weighted by Gasteiger charge is 2.24. The first-order valence-electron chi connectivity index (χ1n) is 8.84. The highest BCUT2D eigenvalue weighted by molar-refractivity contribution is 5.83. The van der Waals surface area contributed by atoms with Crippen molar-refractivity contribution in [2.24, 2.45) is 0 Å². The Labute approximate surface area is 139 Å². The second-order valence-electron chi connectivity index (χ2n) is 7.04. The van der Waals surface area contributed by atoms with E-state index in [9.17, 15) is 0 Å². The zero-order valence-corrected chi connectivity index (χ0v) is 14.8. The second kappa shape index (κ2) is 7.02. The molecule has 0 saturated heterocycles. The largest absolute Gasteiger partial charge is 0.385 e. The zero-order valence-electron chi connectivity index (χ0n) is 14.8. The van der Waals surface area contributed by atoms with Crippen LogP contribution in [0, 0.1) is 0 Å². The number of nitrogens with zero attached hydrogens (tertiary/aromatic N) is 2. The van der Waals surface area contributed by atoms with Crippen molar-refractivity contribution in [2.75, 3.05) is 13.7 Å². The molecule has 3 rings (SSSR count). The topological polar surface area (TPSA) is 39.1 Å². The van der Waals surface area contributed by atoms with E-state index in [0.717, 1.165) is 19.6 Å². The predicted octanol–water partition coefficient (Wildman–Crippen LogP) is 4.01. The van der Waals surface area contributed by atoms with Crippen LogP contribution in [0.2, 0.25) is 0 Å². The van der Waals surface area contributed by atoms with Gasteiger partial charge in [-0.3, -0.25) is 4.98 Å². The highest BCUT2D eigenvalue weighted by Crippen LogP contribution is 2.29. The van der Waals surface area contributed by atoms with Gasteiger partial charge in [0.1, 0.15) is 0 Å². The van der Waals surface area contributed by atoms with E-state index in [-0.39, 0.29) is 0 Å². The molecule has 1 aliphatic rings. The number of pyridine rings is 1. The molecular formula is C19H29N3O. The normalized spacial score (nSPS) is 16.4. The summed E-state index contributed by atoms with van der Waals surface area (Å²) < 4.78 is 7.53. The fourth-order valence-electron chi connectivity index (χ4n) is 3.16. The molecule has 1 fully saturated rings. The maximum atomic E-state index is 5.19. The zero-order chi connectivity index (χ0) is 16.4. The molecule has 2 aromatic rings. The van der Waals surface area contributed by atoms with Gasteiger partial charge in [0.15, 0.2) is 0 Å². The van der Waals surface area contributed by atoms with E-state index in [1.54, 1.807) is 7.11 Å². The van der Waals surface area contributed by atoms with Gasteiger partial charge in [-0.15, -0.1) is 0 Å². The average Bonchev–Trinajstić information content (AvgIpc) is 3.25. The van der Waals surface area contributed by atoms with Gasteiger partial charge in [-0.05, 0) is 44.2 Å². The molecule has 0 amide bonds. The van der Waals surface area contributed by atoms with Crippen molar-refractivity contribution < 1.29 is 4.74 Å². The van der Waals surface area contributed by atoms with E-state index in [2.05, 4.69) is 49.0 Å². The Bertz CT molecular complexity index is 658. The number of fused-ring (bicyclic) bond motifs is 1. The Morgan fingerprint density at radius 1 is 1.35 bits per heavy atom. The van der Waals surface area contributed by atoms with Crippen molar-refractivity contribution in [2.45, 2.75) is 64.6 Å². The number of ether oxygens (including phenoxy) is 1. The summed E-state index contributed by atoms with van der Waals surface area (Å²) in [6.45, 7) is 8.48. The van der Waals surface area contributed by atoms with Crippen molar-refractivity contribution in [3.05, 3.63) is 29.7 Å². The van der Waals surface area contributed by atoms with E-state index in [4.69, 9.17) is 9.72 Å². The molecule has 4 nitrogen and oxygen atoms in total. The third kappa shape index (κ3) is 3.75. The third-order valence-electron chi connectivity index (χ3n) is 4.62. The third-order valence-corrected chi connectivity index (χ3v) is 4.62. The summed E-state index contributed by atoms with van der Waals surface area (Å²) in [6, 6.07) is 5.49. The Hall–Kier alpha value is -1.39. The summed E-state index contributed by atoms with van der Waals surface area (Å²) in [5, 5.41) is 4.96. The molecule has 23 heavy (non-hydrogen) atoms. The Kier molecular flexibility index (Phi) is 5.02. The molecular weight excluding hydrogens is 286 g/mol. The number of methoxy groups -OCH3 is 1. The van der Waals surface area contributed by atoms with Crippen LogP contribution in [0.25, 0.3) is 10.9 Å². The molecule has 2 heterocycles. The van der Waals surface area contributed by atoms with Gasteiger partial charge < -0.3 is 14.6 Å². The lowest BCUT2D eigenvalue weighted by Gasteiger charge is -2.17. The lowest BCUT2D eigenvalue weighted by atomic mass is 10.0. The van der Waals surface area contributed by atoms with Crippen LogP contribution in [-0.4, -0.2) is 29.3 Å². The number of aromatic nitrogens is 2. The van der Waals surface area contributed by atoms with Crippen LogP contribution in [0.3, 0.4) is 0 Å². The van der Waals surface area contributed by atoms with Gasteiger partial charge in [-0.2, -0.15) is 0 Å². The summed E-state index contributed by atoms with van der Waals surface area (Å²) in [7, 11) is 1.76. The van der Waals surface area contributed by atoms with Crippen LogP contribution in [-0.2, 0) is 11.3 Å². The lowest BCUT2D eigenvalue weighted by Crippen LogP contribution is -2.22. The minimum Gasteiger partial charge on any atom is -0.385 e. The summed E-state index contributed by atoms with van der Waals surface area (Å²) >= 11 is 0. The van der Waals surface area contributed by atoms with Crippen LogP contribution < -0.4 is 5.32 Å². The molecule has 1 unspecified atom stereocenters. The Balaban J connectivity index is 1.94. The molecule has 1 atom stereocenters. The second-order valence-corrected chi connectivity index (χ2v) is 7.04. The van der Waals surface area contributed by atoms with Crippen molar-refractivity contribution in [1.29, 1.82) is 0 Å². The van der Waals surface area contributed by atoms with Crippen LogP contribution in [0.5, 0.6) is 0 Å². The van der Waals surface area contributed by atoms with E-state index < -0.39 is 0 Å². The van der Waals surface area contributed by atoms with Crippen molar-refractivity contribution in [3.63, 3.8) is 0 Å². The molecule has 0 spiro atoms. The quantitative estimate of drug-likeness (QED) is 0.748. The van der Waals surface area contributed by atoms with E-state index in [1.165, 1.54) is 35.1 Å². The van der Waals surface area contributed by atoms with Gasteiger partial charge in [0.05, 0.1) is 16.9 Å². The predicted molar refractivity (Wildman–Crippen MR) is 94.9 cm³/mol. The minimum absolute atomic E-state index is 0.312. The maximum absolute atomic E-state index is 5.19. The molecule has 2 aromatic heterocycles. The average molecular weight is 315 g/mol. The standard InChI is InChI=1S/C19H29N3O/c1-13(2)19-16-8-10-22(9-5-11-23-4)18(16)12-17(21-19)14(3)20-15-6-7-15/h8,10,12-15,20H,5-7,9,11H2,1-4H3. The van der Waals surface area contributed by atoms with Crippen LogP contribution in [0.1, 0.15) is 63.4 Å². The van der Waals surface area contributed by atoms with Crippen LogP contribution >= 0.6 is 0 Å². The molecule has 1 N–H and O–H groups in total. The molecule has 1 saturated carbocycles. The molecule has 126 valence electrons. The first-order chi connectivity index (χ1) is 11.1. The monoisotopic (exact) mass is 315 g/mol. The van der Waals surface area contributed by atoms with Gasteiger partial charge in [0, 0.05) is 43.9 Å². The Morgan fingerprint density at radius 3 is 2.78 bits per heavy atom. The van der Waals surface area contributed by atoms with Crippen LogP contribution in [0.4, 0.5) is 0 Å². The lowest BCUT2D eigenvalue weighted by molar-refractivity contribution is 0.190. The van der Waals surface area contributed by atoms with Crippen molar-refractivity contribution >= 4 is 10.9 Å². The number of rotatable bonds is 8. The van der Waals surface area contributed by atoms with Gasteiger partial charge >= 0.3 is 0 Å². The van der Waals surface area contributed by atoms with E-state index >= 15 is 0 Å². The molecule has 1 aliphatic carbocycles. The number of hydrogen-bond donors (Lipinski definition) is 1. The van der Waals surface area contributed by atoms with E-state index in [0.29, 0.717) is 18.0 Å². The number of aryl methyl sites for hydroxylation is 1. The molecule has 0 aliphatic heterocycles. The number of nitrogens with one attached hydrogen (secondary N) is 1. The molecule has 0 bridgehead atoms. The molecule has 4 heteroatoms. The first-order valence-corrected chi connectivity index (χ1v) is 8.84. The maximum Gasteiger partial charge on any atom is 0.0595 e.